The summed E-state index contributed by atoms with van der Waals surface area (Å²) in [6, 6.07) is 3.96. The number of carboxylic acids is 1. The van der Waals surface area contributed by atoms with E-state index in [4.69, 9.17) is 5.11 Å². The number of amides is 1. The number of carbonyl (C=O) groups excluding carboxylic acids is 1. The van der Waals surface area contributed by atoms with Gasteiger partial charge in [0.05, 0.1) is 12.0 Å². The summed E-state index contributed by atoms with van der Waals surface area (Å²) >= 11 is 1.91. The van der Waals surface area contributed by atoms with Gasteiger partial charge in [-0.05, 0) is 46.7 Å². The molecule has 0 spiro atoms. The zero-order valence-electron chi connectivity index (χ0n) is 11.4. The average Bonchev–Trinajstić information content (AvgIpc) is 2.33. The molecule has 0 aliphatic rings. The molecule has 0 aliphatic heterocycles. The number of hydrogen-bond acceptors (Lipinski definition) is 2. The van der Waals surface area contributed by atoms with Crippen LogP contribution in [0.1, 0.15) is 30.6 Å². The molecule has 0 aliphatic carbocycles. The Kier molecular flexibility index (Phi) is 6.38. The van der Waals surface area contributed by atoms with Crippen molar-refractivity contribution in [1.29, 1.82) is 0 Å². The Hall–Kier alpha value is -1.18. The van der Waals surface area contributed by atoms with Crippen molar-refractivity contribution < 1.29 is 19.1 Å². The summed E-state index contributed by atoms with van der Waals surface area (Å²) in [7, 11) is 0. The smallest absolute Gasteiger partial charge is 0.305 e. The molecular formula is C14H17FINO3. The van der Waals surface area contributed by atoms with E-state index in [1.807, 2.05) is 36.4 Å². The minimum Gasteiger partial charge on any atom is -0.481 e. The summed E-state index contributed by atoms with van der Waals surface area (Å²) in [5.74, 6) is -1.37. The van der Waals surface area contributed by atoms with Gasteiger partial charge in [-0.15, -0.1) is 0 Å². The van der Waals surface area contributed by atoms with E-state index in [9.17, 15) is 14.0 Å². The highest BCUT2D eigenvalue weighted by atomic mass is 127. The second kappa shape index (κ2) is 7.56. The largest absolute Gasteiger partial charge is 0.481 e. The number of hydrogen-bond donors (Lipinski definition) is 1. The highest BCUT2D eigenvalue weighted by molar-refractivity contribution is 14.1. The minimum absolute atomic E-state index is 0.101. The molecule has 1 N–H and O–H groups in total. The van der Waals surface area contributed by atoms with Crippen molar-refractivity contribution in [2.45, 2.75) is 20.3 Å². The van der Waals surface area contributed by atoms with E-state index in [1.165, 1.54) is 23.1 Å². The predicted molar refractivity (Wildman–Crippen MR) is 82.1 cm³/mol. The van der Waals surface area contributed by atoms with Gasteiger partial charge in [-0.2, -0.15) is 0 Å². The monoisotopic (exact) mass is 393 g/mol. The van der Waals surface area contributed by atoms with E-state index in [2.05, 4.69) is 0 Å². The number of halogens is 2. The molecule has 0 unspecified atom stereocenters. The zero-order valence-corrected chi connectivity index (χ0v) is 13.6. The van der Waals surface area contributed by atoms with Crippen molar-refractivity contribution in [2.24, 2.45) is 5.92 Å². The van der Waals surface area contributed by atoms with Crippen LogP contribution in [-0.2, 0) is 4.79 Å². The maximum absolute atomic E-state index is 13.1. The molecule has 6 heteroatoms. The minimum atomic E-state index is -0.944. The fourth-order valence-corrected chi connectivity index (χ4v) is 2.49. The summed E-state index contributed by atoms with van der Waals surface area (Å²) in [5.41, 5.74) is 0.401. The first-order chi connectivity index (χ1) is 9.31. The lowest BCUT2D eigenvalue weighted by Crippen LogP contribution is -2.36. The Labute approximate surface area is 131 Å². The molecule has 1 amide bonds. The van der Waals surface area contributed by atoms with Crippen molar-refractivity contribution in [3.63, 3.8) is 0 Å². The third-order valence-electron chi connectivity index (χ3n) is 2.63. The fourth-order valence-electron chi connectivity index (χ4n) is 1.78. The Morgan fingerprint density at radius 1 is 1.40 bits per heavy atom. The Morgan fingerprint density at radius 2 is 2.05 bits per heavy atom. The second-order valence-corrected chi connectivity index (χ2v) is 6.08. The second-order valence-electron chi connectivity index (χ2n) is 4.91. The predicted octanol–water partition coefficient (Wildman–Crippen LogP) is 3.00. The van der Waals surface area contributed by atoms with Crippen molar-refractivity contribution in [3.8, 4) is 0 Å². The molecule has 0 heterocycles. The lowest BCUT2D eigenvalue weighted by Gasteiger charge is -2.24. The highest BCUT2D eigenvalue weighted by Crippen LogP contribution is 2.17. The first-order valence-corrected chi connectivity index (χ1v) is 7.35. The zero-order chi connectivity index (χ0) is 15.3. The van der Waals surface area contributed by atoms with Gasteiger partial charge in [-0.3, -0.25) is 9.59 Å². The van der Waals surface area contributed by atoms with Gasteiger partial charge in [0, 0.05) is 16.7 Å². The molecule has 0 atom stereocenters. The number of rotatable bonds is 6. The van der Waals surface area contributed by atoms with Crippen molar-refractivity contribution >= 4 is 34.5 Å². The van der Waals surface area contributed by atoms with E-state index >= 15 is 0 Å². The summed E-state index contributed by atoms with van der Waals surface area (Å²) in [6.07, 6.45) is -0.101. The summed E-state index contributed by atoms with van der Waals surface area (Å²) in [5, 5.41) is 8.75. The Balaban J connectivity index is 2.93. The van der Waals surface area contributed by atoms with E-state index in [1.54, 1.807) is 0 Å². The maximum atomic E-state index is 13.1. The van der Waals surface area contributed by atoms with Crippen LogP contribution in [0.5, 0.6) is 0 Å². The normalized spacial score (nSPS) is 10.7. The lowest BCUT2D eigenvalue weighted by molar-refractivity contribution is -0.137. The Morgan fingerprint density at radius 3 is 2.55 bits per heavy atom. The van der Waals surface area contributed by atoms with Crippen LogP contribution < -0.4 is 0 Å². The quantitative estimate of drug-likeness (QED) is 0.757. The SMILES string of the molecule is CC(C)CN(CCC(=O)O)C(=O)c1ccc(F)cc1I. The van der Waals surface area contributed by atoms with Gasteiger partial charge >= 0.3 is 5.97 Å². The standard InChI is InChI=1S/C14H17FINO3/c1-9(2)8-17(6-5-13(18)19)14(20)11-4-3-10(15)7-12(11)16/h3-4,7,9H,5-6,8H2,1-2H3,(H,18,19). The molecule has 4 nitrogen and oxygen atoms in total. The maximum Gasteiger partial charge on any atom is 0.305 e. The number of benzene rings is 1. The lowest BCUT2D eigenvalue weighted by atomic mass is 10.1. The van der Waals surface area contributed by atoms with Crippen LogP contribution in [0.4, 0.5) is 4.39 Å². The van der Waals surface area contributed by atoms with Crippen LogP contribution in [-0.4, -0.2) is 35.0 Å². The highest BCUT2D eigenvalue weighted by Gasteiger charge is 2.20. The van der Waals surface area contributed by atoms with Crippen LogP contribution in [0.2, 0.25) is 0 Å². The summed E-state index contributed by atoms with van der Waals surface area (Å²) < 4.78 is 13.6. The van der Waals surface area contributed by atoms with Gasteiger partial charge in [-0.25, -0.2) is 4.39 Å². The number of carbonyl (C=O) groups is 2. The number of carboxylic acid groups (broad SMARTS) is 1. The van der Waals surface area contributed by atoms with Gasteiger partial charge in [-0.1, -0.05) is 13.8 Å². The van der Waals surface area contributed by atoms with Crippen LogP contribution in [0.3, 0.4) is 0 Å². The molecule has 0 aromatic heterocycles. The number of nitrogens with zero attached hydrogens (tertiary/aromatic N) is 1. The van der Waals surface area contributed by atoms with Crippen LogP contribution in [0.25, 0.3) is 0 Å². The van der Waals surface area contributed by atoms with Crippen molar-refractivity contribution in [3.05, 3.63) is 33.1 Å². The third-order valence-corrected chi connectivity index (χ3v) is 3.52. The molecule has 0 bridgehead atoms. The van der Waals surface area contributed by atoms with Gasteiger partial charge in [0.25, 0.3) is 5.91 Å². The first-order valence-electron chi connectivity index (χ1n) is 6.27. The molecule has 1 rings (SSSR count). The van der Waals surface area contributed by atoms with Gasteiger partial charge in [0.15, 0.2) is 0 Å². The van der Waals surface area contributed by atoms with Crippen LogP contribution >= 0.6 is 22.6 Å². The van der Waals surface area contributed by atoms with E-state index in [-0.39, 0.29) is 24.8 Å². The number of aliphatic carboxylic acids is 1. The summed E-state index contributed by atoms with van der Waals surface area (Å²) in [6.45, 7) is 4.53. The molecule has 1 aromatic carbocycles. The van der Waals surface area contributed by atoms with E-state index < -0.39 is 11.8 Å². The van der Waals surface area contributed by atoms with Gasteiger partial charge in [0.2, 0.25) is 0 Å². The van der Waals surface area contributed by atoms with E-state index in [0.717, 1.165) is 0 Å². The molecule has 110 valence electrons. The first kappa shape index (κ1) is 16.9. The molecule has 0 saturated carbocycles. The van der Waals surface area contributed by atoms with Gasteiger partial charge in [0.1, 0.15) is 5.82 Å². The molecular weight excluding hydrogens is 376 g/mol. The molecule has 0 fully saturated rings. The molecule has 1 aromatic rings. The van der Waals surface area contributed by atoms with Gasteiger partial charge < -0.3 is 10.0 Å². The Bertz CT molecular complexity index is 505. The summed E-state index contributed by atoms with van der Waals surface area (Å²) in [4.78, 5) is 24.6. The fraction of sp³-hybridized carbons (Fsp3) is 0.429. The van der Waals surface area contributed by atoms with Crippen molar-refractivity contribution in [2.75, 3.05) is 13.1 Å². The van der Waals surface area contributed by atoms with Crippen LogP contribution in [0.15, 0.2) is 18.2 Å². The topological polar surface area (TPSA) is 57.6 Å². The van der Waals surface area contributed by atoms with E-state index in [0.29, 0.717) is 15.7 Å². The van der Waals surface area contributed by atoms with Crippen LogP contribution in [0, 0.1) is 15.3 Å². The molecule has 0 radical (unpaired) electrons. The van der Waals surface area contributed by atoms with Crippen molar-refractivity contribution in [1.82, 2.24) is 4.90 Å². The average molecular weight is 393 g/mol. The molecule has 0 saturated heterocycles. The third kappa shape index (κ3) is 5.07. The molecule has 20 heavy (non-hydrogen) atoms.